The van der Waals surface area contributed by atoms with Crippen molar-refractivity contribution in [3.05, 3.63) is 71.8 Å². The zero-order chi connectivity index (χ0) is 23.5. The van der Waals surface area contributed by atoms with Crippen LogP contribution in [0.25, 0.3) is 0 Å². The standard InChI is InChI=1S/C15H16ClN3O2S.C7H7NO2/c1-20-13-8-14(21-2)12(7-11(13)16)19-15(22)18-10-5-3-9(17)4-6-10;8-7(9)10-6-4-2-1-3-5-6/h3-8H,17H2,1-2H3,(H2,18,19,22);1-5H,(H2,8,9). The summed E-state index contributed by atoms with van der Waals surface area (Å²) >= 11 is 11.4. The molecule has 0 fully saturated rings. The Hall–Kier alpha value is -3.69. The Balaban J connectivity index is 0.000000303. The summed E-state index contributed by atoms with van der Waals surface area (Å²) in [7, 11) is 3.10. The molecule has 10 heteroatoms. The minimum absolute atomic E-state index is 0.407. The third-order valence-electron chi connectivity index (χ3n) is 3.85. The van der Waals surface area contributed by atoms with Gasteiger partial charge in [-0.25, -0.2) is 4.79 Å². The van der Waals surface area contributed by atoms with Gasteiger partial charge in [-0.1, -0.05) is 29.8 Å². The Kier molecular flexibility index (Phi) is 9.40. The van der Waals surface area contributed by atoms with Crippen LogP contribution in [-0.2, 0) is 0 Å². The molecule has 0 heterocycles. The number of nitrogens with one attached hydrogen (secondary N) is 2. The quantitative estimate of drug-likeness (QED) is 0.304. The largest absolute Gasteiger partial charge is 0.495 e. The zero-order valence-corrected chi connectivity index (χ0v) is 19.0. The Morgan fingerprint density at radius 3 is 2.12 bits per heavy atom. The number of benzene rings is 3. The predicted octanol–water partition coefficient (Wildman–Crippen LogP) is 4.89. The number of carbonyl (C=O) groups excluding carboxylic acids is 1. The van der Waals surface area contributed by atoms with Gasteiger partial charge in [0.15, 0.2) is 5.11 Å². The van der Waals surface area contributed by atoms with Gasteiger partial charge in [0, 0.05) is 17.4 Å². The maximum atomic E-state index is 10.2. The lowest BCUT2D eigenvalue weighted by atomic mass is 10.2. The summed E-state index contributed by atoms with van der Waals surface area (Å²) in [6, 6.07) is 19.3. The highest BCUT2D eigenvalue weighted by molar-refractivity contribution is 7.80. The van der Waals surface area contributed by atoms with Gasteiger partial charge >= 0.3 is 6.09 Å². The fraction of sp³-hybridized carbons (Fsp3) is 0.0909. The minimum atomic E-state index is -0.786. The fourth-order valence-electron chi connectivity index (χ4n) is 2.41. The normalized spacial score (nSPS) is 9.59. The molecule has 3 aromatic carbocycles. The molecule has 3 aromatic rings. The molecule has 0 bridgehead atoms. The van der Waals surface area contributed by atoms with Crippen LogP contribution < -0.4 is 36.3 Å². The molecule has 0 aliphatic rings. The summed E-state index contributed by atoms with van der Waals surface area (Å²) in [5, 5.41) is 6.96. The minimum Gasteiger partial charge on any atom is -0.495 e. The van der Waals surface area contributed by atoms with E-state index in [1.807, 2.05) is 18.2 Å². The Morgan fingerprint density at radius 2 is 1.56 bits per heavy atom. The van der Waals surface area contributed by atoms with E-state index in [4.69, 9.17) is 44.8 Å². The maximum absolute atomic E-state index is 10.2. The fourth-order valence-corrected chi connectivity index (χ4v) is 2.88. The number of nitrogen functional groups attached to an aromatic ring is 1. The number of amides is 1. The van der Waals surface area contributed by atoms with Crippen LogP contribution in [0.4, 0.5) is 21.9 Å². The Morgan fingerprint density at radius 1 is 0.938 bits per heavy atom. The number of nitrogens with two attached hydrogens (primary N) is 2. The van der Waals surface area contributed by atoms with Crippen molar-refractivity contribution in [3.8, 4) is 17.2 Å². The monoisotopic (exact) mass is 474 g/mol. The molecular formula is C22H23ClN4O4S. The first kappa shape index (κ1) is 24.6. The Labute approximate surface area is 196 Å². The molecule has 0 aromatic heterocycles. The van der Waals surface area contributed by atoms with E-state index in [1.165, 1.54) is 0 Å². The molecule has 0 unspecified atom stereocenters. The van der Waals surface area contributed by atoms with E-state index in [0.29, 0.717) is 38.8 Å². The molecule has 0 atom stereocenters. The highest BCUT2D eigenvalue weighted by Gasteiger charge is 2.11. The van der Waals surface area contributed by atoms with Crippen molar-refractivity contribution in [3.63, 3.8) is 0 Å². The van der Waals surface area contributed by atoms with Crippen LogP contribution in [0.1, 0.15) is 0 Å². The molecule has 0 radical (unpaired) electrons. The number of rotatable bonds is 5. The molecule has 32 heavy (non-hydrogen) atoms. The van der Waals surface area contributed by atoms with Gasteiger partial charge in [-0.2, -0.15) is 0 Å². The smallest absolute Gasteiger partial charge is 0.409 e. The number of hydrogen-bond acceptors (Lipinski definition) is 6. The van der Waals surface area contributed by atoms with Crippen molar-refractivity contribution in [1.82, 2.24) is 0 Å². The predicted molar refractivity (Wildman–Crippen MR) is 132 cm³/mol. The van der Waals surface area contributed by atoms with Gasteiger partial charge in [-0.3, -0.25) is 0 Å². The number of methoxy groups -OCH3 is 2. The van der Waals surface area contributed by atoms with Crippen LogP contribution in [0.2, 0.25) is 5.02 Å². The lowest BCUT2D eigenvalue weighted by Crippen LogP contribution is -2.19. The van der Waals surface area contributed by atoms with Crippen LogP contribution in [0.3, 0.4) is 0 Å². The highest BCUT2D eigenvalue weighted by atomic mass is 35.5. The van der Waals surface area contributed by atoms with E-state index < -0.39 is 6.09 Å². The van der Waals surface area contributed by atoms with Crippen molar-refractivity contribution in [1.29, 1.82) is 0 Å². The van der Waals surface area contributed by atoms with Crippen LogP contribution in [0, 0.1) is 0 Å². The number of ether oxygens (including phenoxy) is 3. The molecule has 3 rings (SSSR count). The van der Waals surface area contributed by atoms with Gasteiger partial charge < -0.3 is 36.3 Å². The van der Waals surface area contributed by atoms with Crippen molar-refractivity contribution in [2.45, 2.75) is 0 Å². The number of halogens is 1. The maximum Gasteiger partial charge on any atom is 0.409 e. The first-order valence-electron chi connectivity index (χ1n) is 9.19. The lowest BCUT2D eigenvalue weighted by Gasteiger charge is -2.15. The molecule has 0 aliphatic carbocycles. The van der Waals surface area contributed by atoms with Crippen molar-refractivity contribution in [2.75, 3.05) is 30.6 Å². The van der Waals surface area contributed by atoms with Crippen molar-refractivity contribution >= 4 is 52.1 Å². The first-order valence-corrected chi connectivity index (χ1v) is 9.98. The molecule has 0 aliphatic heterocycles. The zero-order valence-electron chi connectivity index (χ0n) is 17.4. The lowest BCUT2D eigenvalue weighted by molar-refractivity contribution is 0.211. The number of para-hydroxylation sites is 1. The number of primary amides is 1. The number of hydrogen-bond donors (Lipinski definition) is 4. The second-order valence-corrected chi connectivity index (χ2v) is 6.94. The molecule has 8 nitrogen and oxygen atoms in total. The van der Waals surface area contributed by atoms with E-state index in [-0.39, 0.29) is 0 Å². The summed E-state index contributed by atoms with van der Waals surface area (Å²) in [5.41, 5.74) is 12.6. The number of thiocarbonyl (C=S) groups is 1. The van der Waals surface area contributed by atoms with Crippen molar-refractivity contribution in [2.24, 2.45) is 5.73 Å². The third-order valence-corrected chi connectivity index (χ3v) is 4.35. The summed E-state index contributed by atoms with van der Waals surface area (Å²) < 4.78 is 15.0. The van der Waals surface area contributed by atoms with E-state index in [9.17, 15) is 4.79 Å². The van der Waals surface area contributed by atoms with Crippen molar-refractivity contribution < 1.29 is 19.0 Å². The van der Waals surface area contributed by atoms with Gasteiger partial charge in [0.25, 0.3) is 0 Å². The van der Waals surface area contributed by atoms with Gasteiger partial charge in [0.05, 0.1) is 24.9 Å². The summed E-state index contributed by atoms with van der Waals surface area (Å²) in [6.45, 7) is 0. The Bertz CT molecular complexity index is 1050. The van der Waals surface area contributed by atoms with E-state index >= 15 is 0 Å². The van der Waals surface area contributed by atoms with E-state index in [0.717, 1.165) is 5.69 Å². The molecule has 168 valence electrons. The average Bonchev–Trinajstić information content (AvgIpc) is 2.76. The molecule has 6 N–H and O–H groups in total. The van der Waals surface area contributed by atoms with Crippen LogP contribution in [-0.4, -0.2) is 25.4 Å². The molecule has 0 spiro atoms. The average molecular weight is 475 g/mol. The second-order valence-electron chi connectivity index (χ2n) is 6.12. The summed E-state index contributed by atoms with van der Waals surface area (Å²) in [4.78, 5) is 10.2. The van der Waals surface area contributed by atoms with Gasteiger partial charge in [0.2, 0.25) is 0 Å². The highest BCUT2D eigenvalue weighted by Crippen LogP contribution is 2.35. The van der Waals surface area contributed by atoms with E-state index in [1.54, 1.807) is 62.8 Å². The number of anilines is 3. The van der Waals surface area contributed by atoms with Crippen LogP contribution in [0.5, 0.6) is 17.2 Å². The van der Waals surface area contributed by atoms with Gasteiger partial charge in [-0.15, -0.1) is 0 Å². The van der Waals surface area contributed by atoms with Crippen LogP contribution >= 0.6 is 23.8 Å². The first-order chi connectivity index (χ1) is 15.3. The second kappa shape index (κ2) is 12.2. The molecular weight excluding hydrogens is 452 g/mol. The molecule has 0 saturated heterocycles. The van der Waals surface area contributed by atoms with E-state index in [2.05, 4.69) is 15.4 Å². The van der Waals surface area contributed by atoms with Crippen LogP contribution in [0.15, 0.2) is 66.7 Å². The SMILES string of the molecule is COc1cc(OC)c(NC(=S)Nc2ccc(N)cc2)cc1Cl.NC(=O)Oc1ccccc1. The molecule has 1 amide bonds. The van der Waals surface area contributed by atoms with Gasteiger partial charge in [-0.05, 0) is 54.7 Å². The number of carbonyl (C=O) groups is 1. The topological polar surface area (TPSA) is 121 Å². The summed E-state index contributed by atoms with van der Waals surface area (Å²) in [6.07, 6.45) is -0.786. The molecule has 0 saturated carbocycles. The summed E-state index contributed by atoms with van der Waals surface area (Å²) in [5.74, 6) is 1.57. The third kappa shape index (κ3) is 7.86. The van der Waals surface area contributed by atoms with Gasteiger partial charge in [0.1, 0.15) is 17.2 Å².